The molecule has 20 heavy (non-hydrogen) atoms. The van der Waals surface area contributed by atoms with Gasteiger partial charge in [0.15, 0.2) is 0 Å². The molecule has 1 aromatic heterocycles. The molecule has 0 bridgehead atoms. The SMILES string of the molecule is CNC(=O)c1c(C(=O)OC)oc2cc(NC)c(Br)cc12. The van der Waals surface area contributed by atoms with Crippen molar-refractivity contribution in [1.82, 2.24) is 5.32 Å². The number of hydrogen-bond donors (Lipinski definition) is 2. The van der Waals surface area contributed by atoms with Crippen molar-refractivity contribution in [3.8, 4) is 0 Å². The van der Waals surface area contributed by atoms with Gasteiger partial charge in [-0.3, -0.25) is 4.79 Å². The number of carbonyl (C=O) groups excluding carboxylic acids is 2. The van der Waals surface area contributed by atoms with Gasteiger partial charge in [0.05, 0.1) is 12.8 Å². The zero-order chi connectivity index (χ0) is 14.9. The van der Waals surface area contributed by atoms with Crippen molar-refractivity contribution in [2.24, 2.45) is 0 Å². The first-order chi connectivity index (χ1) is 9.53. The molecule has 6 nitrogen and oxygen atoms in total. The number of ether oxygens (including phenoxy) is 1. The van der Waals surface area contributed by atoms with Gasteiger partial charge in [0.1, 0.15) is 11.1 Å². The van der Waals surface area contributed by atoms with Crippen molar-refractivity contribution >= 4 is 44.5 Å². The molecule has 2 N–H and O–H groups in total. The second kappa shape index (κ2) is 5.54. The highest BCUT2D eigenvalue weighted by Gasteiger charge is 2.26. The van der Waals surface area contributed by atoms with Crippen molar-refractivity contribution in [2.45, 2.75) is 0 Å². The molecule has 0 fully saturated rings. The first kappa shape index (κ1) is 14.4. The fraction of sp³-hybridized carbons (Fsp3) is 0.231. The molecule has 0 aliphatic rings. The van der Waals surface area contributed by atoms with Crippen molar-refractivity contribution in [3.05, 3.63) is 27.9 Å². The van der Waals surface area contributed by atoms with Crippen LogP contribution in [0, 0.1) is 0 Å². The van der Waals surface area contributed by atoms with Crippen LogP contribution in [0.4, 0.5) is 5.69 Å². The van der Waals surface area contributed by atoms with E-state index in [0.717, 1.165) is 10.2 Å². The Bertz CT molecular complexity index is 693. The van der Waals surface area contributed by atoms with Crippen LogP contribution in [0.15, 0.2) is 21.0 Å². The van der Waals surface area contributed by atoms with Crippen LogP contribution in [0.25, 0.3) is 11.0 Å². The summed E-state index contributed by atoms with van der Waals surface area (Å²) < 4.78 is 10.9. The van der Waals surface area contributed by atoms with Gasteiger partial charge in [-0.25, -0.2) is 4.79 Å². The summed E-state index contributed by atoms with van der Waals surface area (Å²) in [4.78, 5) is 23.7. The number of halogens is 1. The number of nitrogens with one attached hydrogen (secondary N) is 2. The summed E-state index contributed by atoms with van der Waals surface area (Å²) in [5.74, 6) is -1.21. The minimum absolute atomic E-state index is 0.109. The summed E-state index contributed by atoms with van der Waals surface area (Å²) in [5.41, 5.74) is 1.38. The smallest absolute Gasteiger partial charge is 0.374 e. The molecule has 0 aliphatic heterocycles. The van der Waals surface area contributed by atoms with Gasteiger partial charge in [-0.1, -0.05) is 0 Å². The molecule has 106 valence electrons. The van der Waals surface area contributed by atoms with E-state index < -0.39 is 11.9 Å². The number of carbonyl (C=O) groups is 2. The molecule has 0 atom stereocenters. The van der Waals surface area contributed by atoms with Crippen LogP contribution in [-0.4, -0.2) is 33.1 Å². The topological polar surface area (TPSA) is 80.6 Å². The van der Waals surface area contributed by atoms with Gasteiger partial charge >= 0.3 is 5.97 Å². The molecule has 2 aromatic rings. The number of fused-ring (bicyclic) bond motifs is 1. The summed E-state index contributed by atoms with van der Waals surface area (Å²) in [5, 5.41) is 6.01. The highest BCUT2D eigenvalue weighted by Crippen LogP contribution is 2.33. The second-order valence-corrected chi connectivity index (χ2v) is 4.81. The first-order valence-corrected chi connectivity index (χ1v) is 6.57. The molecule has 1 heterocycles. The molecule has 0 spiro atoms. The lowest BCUT2D eigenvalue weighted by Gasteiger charge is -2.03. The van der Waals surface area contributed by atoms with Gasteiger partial charge in [0.2, 0.25) is 5.76 Å². The molecule has 7 heteroatoms. The van der Waals surface area contributed by atoms with E-state index in [-0.39, 0.29) is 11.3 Å². The quantitative estimate of drug-likeness (QED) is 0.838. The standard InChI is InChI=1S/C13H13BrN2O4/c1-15-8-5-9-6(4-7(8)14)10(12(17)16-2)11(20-9)13(18)19-3/h4-5,15H,1-3H3,(H,16,17). The summed E-state index contributed by atoms with van der Waals surface area (Å²) in [6.45, 7) is 0. The van der Waals surface area contributed by atoms with E-state index in [9.17, 15) is 9.59 Å². The molecular formula is C13H13BrN2O4. The number of methoxy groups -OCH3 is 1. The van der Waals surface area contributed by atoms with E-state index in [0.29, 0.717) is 11.0 Å². The lowest BCUT2D eigenvalue weighted by molar-refractivity contribution is 0.0563. The summed E-state index contributed by atoms with van der Waals surface area (Å²) in [7, 11) is 4.48. The highest BCUT2D eigenvalue weighted by molar-refractivity contribution is 9.10. The minimum atomic E-state index is -0.693. The van der Waals surface area contributed by atoms with Gasteiger partial charge < -0.3 is 19.8 Å². The highest BCUT2D eigenvalue weighted by atomic mass is 79.9. The van der Waals surface area contributed by atoms with Gasteiger partial charge in [-0.15, -0.1) is 0 Å². The van der Waals surface area contributed by atoms with Crippen LogP contribution in [0.5, 0.6) is 0 Å². The van der Waals surface area contributed by atoms with Gasteiger partial charge in [-0.2, -0.15) is 0 Å². The van der Waals surface area contributed by atoms with Crippen LogP contribution in [0.3, 0.4) is 0 Å². The van der Waals surface area contributed by atoms with E-state index in [4.69, 9.17) is 4.42 Å². The molecule has 0 saturated carbocycles. The summed E-state index contributed by atoms with van der Waals surface area (Å²) >= 11 is 3.39. The number of esters is 1. The third-order valence-electron chi connectivity index (χ3n) is 2.87. The van der Waals surface area contributed by atoms with Crippen molar-refractivity contribution in [3.63, 3.8) is 0 Å². The zero-order valence-electron chi connectivity index (χ0n) is 11.2. The lowest BCUT2D eigenvalue weighted by atomic mass is 10.1. The fourth-order valence-corrected chi connectivity index (χ4v) is 2.44. The number of rotatable bonds is 3. The van der Waals surface area contributed by atoms with Gasteiger partial charge in [0.25, 0.3) is 5.91 Å². The third-order valence-corrected chi connectivity index (χ3v) is 3.53. The Labute approximate surface area is 123 Å². The Kier molecular flexibility index (Phi) is 3.99. The number of hydrogen-bond acceptors (Lipinski definition) is 5. The molecule has 1 aromatic carbocycles. The van der Waals surface area contributed by atoms with Crippen LogP contribution in [0.2, 0.25) is 0 Å². The van der Waals surface area contributed by atoms with Crippen molar-refractivity contribution in [2.75, 3.05) is 26.5 Å². The summed E-state index contributed by atoms with van der Waals surface area (Å²) in [6.07, 6.45) is 0. The average molecular weight is 341 g/mol. The van der Waals surface area contributed by atoms with Crippen molar-refractivity contribution in [1.29, 1.82) is 0 Å². The maximum atomic E-state index is 12.0. The van der Waals surface area contributed by atoms with Crippen molar-refractivity contribution < 1.29 is 18.7 Å². The molecule has 0 saturated heterocycles. The Hall–Kier alpha value is -2.02. The average Bonchev–Trinajstić information content (AvgIpc) is 2.82. The fourth-order valence-electron chi connectivity index (χ4n) is 1.89. The molecule has 2 rings (SSSR count). The van der Waals surface area contributed by atoms with E-state index in [1.165, 1.54) is 14.2 Å². The number of furan rings is 1. The zero-order valence-corrected chi connectivity index (χ0v) is 12.8. The Morgan fingerprint density at radius 3 is 2.55 bits per heavy atom. The Morgan fingerprint density at radius 1 is 1.30 bits per heavy atom. The minimum Gasteiger partial charge on any atom is -0.463 e. The number of benzene rings is 1. The number of anilines is 1. The van der Waals surface area contributed by atoms with Crippen LogP contribution in [0.1, 0.15) is 20.9 Å². The Balaban J connectivity index is 2.79. The largest absolute Gasteiger partial charge is 0.463 e. The third kappa shape index (κ3) is 2.24. The molecule has 1 amide bonds. The van der Waals surface area contributed by atoms with Crippen LogP contribution < -0.4 is 10.6 Å². The normalized spacial score (nSPS) is 10.4. The van der Waals surface area contributed by atoms with Gasteiger partial charge in [-0.05, 0) is 22.0 Å². The van der Waals surface area contributed by atoms with Crippen LogP contribution in [-0.2, 0) is 4.74 Å². The maximum absolute atomic E-state index is 12.0. The van der Waals surface area contributed by atoms with E-state index in [1.54, 1.807) is 19.2 Å². The molecule has 0 radical (unpaired) electrons. The Morgan fingerprint density at radius 2 is 2.00 bits per heavy atom. The second-order valence-electron chi connectivity index (χ2n) is 3.96. The molecule has 0 aliphatic carbocycles. The van der Waals surface area contributed by atoms with E-state index >= 15 is 0 Å². The first-order valence-electron chi connectivity index (χ1n) is 5.77. The summed E-state index contributed by atoms with van der Waals surface area (Å²) in [6, 6.07) is 3.43. The van der Waals surface area contributed by atoms with Crippen LogP contribution >= 0.6 is 15.9 Å². The van der Waals surface area contributed by atoms with E-state index in [1.807, 2.05) is 0 Å². The lowest BCUT2D eigenvalue weighted by Crippen LogP contribution is -2.20. The molecule has 0 unspecified atom stereocenters. The maximum Gasteiger partial charge on any atom is 0.374 e. The predicted molar refractivity (Wildman–Crippen MR) is 78.2 cm³/mol. The predicted octanol–water partition coefficient (Wildman–Crippen LogP) is 2.38. The van der Waals surface area contributed by atoms with E-state index in [2.05, 4.69) is 31.3 Å². The monoisotopic (exact) mass is 340 g/mol. The van der Waals surface area contributed by atoms with Gasteiger partial charge in [0, 0.05) is 30.0 Å². The number of amides is 1. The molecular weight excluding hydrogens is 328 g/mol.